The van der Waals surface area contributed by atoms with E-state index in [1.54, 1.807) is 0 Å². The van der Waals surface area contributed by atoms with Crippen LogP contribution in [0.25, 0.3) is 160 Å². The summed E-state index contributed by atoms with van der Waals surface area (Å²) in [5.74, 6) is 0. The van der Waals surface area contributed by atoms with Crippen molar-refractivity contribution in [1.82, 2.24) is 22.8 Å². The van der Waals surface area contributed by atoms with Crippen LogP contribution in [0, 0.1) is 0 Å². The van der Waals surface area contributed by atoms with Crippen molar-refractivity contribution in [2.75, 3.05) is 4.93 Å². The zero-order chi connectivity index (χ0) is 68.8. The fourth-order valence-corrected chi connectivity index (χ4v) is 15.3. The summed E-state index contributed by atoms with van der Waals surface area (Å²) in [4.78, 5) is 1.97. The van der Waals surface area contributed by atoms with E-state index in [9.17, 15) is 0 Å². The van der Waals surface area contributed by atoms with Crippen LogP contribution in [0.4, 0.5) is 0 Å². The van der Waals surface area contributed by atoms with Crippen molar-refractivity contribution in [3.05, 3.63) is 303 Å². The lowest BCUT2D eigenvalue weighted by Crippen LogP contribution is -2.41. The van der Waals surface area contributed by atoms with Crippen molar-refractivity contribution in [3.8, 4) is 39.6 Å². The second-order valence-electron chi connectivity index (χ2n) is 26.8. The van der Waals surface area contributed by atoms with Gasteiger partial charge in [-0.3, -0.25) is 4.57 Å². The van der Waals surface area contributed by atoms with Crippen molar-refractivity contribution in [2.24, 2.45) is 0 Å². The summed E-state index contributed by atoms with van der Waals surface area (Å²) in [6, 6.07) is 109. The minimum atomic E-state index is -0.667. The number of halogens is 1. The van der Waals surface area contributed by atoms with E-state index in [2.05, 4.69) is 394 Å². The first-order valence-corrected chi connectivity index (χ1v) is 36.3. The molecular weight excluding hydrogens is 1340 g/mol. The lowest BCUT2D eigenvalue weighted by molar-refractivity contribution is 0.00578. The maximum atomic E-state index is 6.60. The quantitative estimate of drug-likeness (QED) is 0.0908. The van der Waals surface area contributed by atoms with Gasteiger partial charge in [-0.25, -0.2) is 0 Å². The first kappa shape index (κ1) is 63.8. The summed E-state index contributed by atoms with van der Waals surface area (Å²) in [5, 5.41) is 13.5. The molecule has 0 spiro atoms. The molecular formula is C87H65B5IN5O3. The number of fused-ring (bicyclic) bond motifs is 17. The molecule has 0 atom stereocenters. The molecule has 0 N–H and O–H groups in total. The SMILES string of the molecule is CC1(C)OB(c2ccc(-n3c4ccccc4c4cc(-n5c6ccccc6c6ccccc65)ccc43)cc2)OC1(C)C.CI.[B]B([B])[B].c1ccc(-n2c3oc4ccccc4c3c3cccc(-c4ccc(-n5c6ccccc6c6cc(-n7c8ccccc8c8ccccc87)ccc65)cc4)c32)cc1. The molecule has 1 fully saturated rings. The minimum absolute atomic E-state index is 0.364. The number of alkyl halides is 1. The van der Waals surface area contributed by atoms with Gasteiger partial charge in [0.2, 0.25) is 5.71 Å². The van der Waals surface area contributed by atoms with Gasteiger partial charge in [-0.1, -0.05) is 211 Å². The van der Waals surface area contributed by atoms with Crippen molar-refractivity contribution < 1.29 is 13.7 Å². The average Bonchev–Trinajstić information content (AvgIpc) is 1.56. The maximum absolute atomic E-state index is 6.60. The summed E-state index contributed by atoms with van der Waals surface area (Å²) in [7, 11) is 13.6. The standard InChI is InChI=1S/C50H31N3O.C36H31BN2O2.CH3I.B4/c1-2-13-33(14-3-1)53-49-36(19-12-20-41(49)48-40-18-7-11-24-47(40)54-50(48)53)32-25-27-34(28-26-32)51-45-23-10-6-17-39(45)42-31-35(29-30-46(42)51)52-43-21-8-4-15-37(43)38-16-5-9-22-44(38)52;1-35(2)36(3,4)41-37(40-35)24-17-19-25(20-18-24)38-33-16-10-7-13-29(33)30-23-26(21-22-34(30)38)39-31-14-8-5-11-27(31)28-12-6-9-15-32(28)39;1-2;1-4(2)3/h1-31H;5-23H,1-4H3;1H3;. The molecule has 8 nitrogen and oxygen atoms in total. The van der Waals surface area contributed by atoms with Crippen LogP contribution in [0.15, 0.2) is 308 Å². The molecule has 6 aromatic heterocycles. The molecule has 7 heterocycles. The normalized spacial score (nSPS) is 13.4. The Hall–Kier alpha value is -10.6. The zero-order valence-electron chi connectivity index (χ0n) is 56.6. The zero-order valence-corrected chi connectivity index (χ0v) is 58.8. The molecule has 14 heteroatoms. The molecule has 1 saturated heterocycles. The predicted molar refractivity (Wildman–Crippen MR) is 438 cm³/mol. The van der Waals surface area contributed by atoms with Gasteiger partial charge in [0.15, 0.2) is 0 Å². The van der Waals surface area contributed by atoms with Crippen LogP contribution in [-0.2, 0) is 9.31 Å². The number of furan rings is 1. The van der Waals surface area contributed by atoms with Crippen molar-refractivity contribution in [3.63, 3.8) is 0 Å². The summed E-state index contributed by atoms with van der Waals surface area (Å²) in [6.07, 6.45) is -0.667. The van der Waals surface area contributed by atoms with E-state index >= 15 is 0 Å². The largest absolute Gasteiger partial charge is 0.494 e. The molecule has 101 heavy (non-hydrogen) atoms. The number of benzene rings is 13. The lowest BCUT2D eigenvalue weighted by Gasteiger charge is -2.32. The second-order valence-corrected chi connectivity index (χ2v) is 26.8. The van der Waals surface area contributed by atoms with E-state index in [4.69, 9.17) is 13.7 Å². The maximum Gasteiger partial charge on any atom is 0.494 e. The lowest BCUT2D eigenvalue weighted by atomic mass is 9.08. The molecule has 13 aromatic carbocycles. The summed E-state index contributed by atoms with van der Waals surface area (Å²) < 4.78 is 31.0. The van der Waals surface area contributed by atoms with Gasteiger partial charge in [0.1, 0.15) is 5.58 Å². The highest BCUT2D eigenvalue weighted by Gasteiger charge is 2.51. The molecule has 20 rings (SSSR count). The third-order valence-corrected chi connectivity index (χ3v) is 20.4. The Bertz CT molecular complexity index is 6260. The van der Waals surface area contributed by atoms with Crippen LogP contribution in [-0.4, -0.2) is 75.7 Å². The van der Waals surface area contributed by atoms with Gasteiger partial charge in [0, 0.05) is 117 Å². The Kier molecular flexibility index (Phi) is 16.1. The molecule has 478 valence electrons. The Labute approximate surface area is 603 Å². The van der Waals surface area contributed by atoms with Gasteiger partial charge in [-0.05, 0) is 159 Å². The Morgan fingerprint density at radius 2 is 0.644 bits per heavy atom. The van der Waals surface area contributed by atoms with Crippen molar-refractivity contribution in [1.29, 1.82) is 0 Å². The molecule has 0 unspecified atom stereocenters. The van der Waals surface area contributed by atoms with Crippen LogP contribution in [0.3, 0.4) is 0 Å². The summed E-state index contributed by atoms with van der Waals surface area (Å²) >= 11 is 2.15. The van der Waals surface area contributed by atoms with Gasteiger partial charge in [0.05, 0.1) is 66.2 Å². The Morgan fingerprint density at radius 3 is 1.08 bits per heavy atom. The molecule has 1 aliphatic heterocycles. The van der Waals surface area contributed by atoms with E-state index in [1.165, 1.54) is 92.6 Å². The van der Waals surface area contributed by atoms with Gasteiger partial charge in [-0.15, -0.1) is 0 Å². The highest BCUT2D eigenvalue weighted by molar-refractivity contribution is 14.1. The second kappa shape index (κ2) is 25.5. The smallest absolute Gasteiger partial charge is 0.439 e. The molecule has 0 saturated carbocycles. The van der Waals surface area contributed by atoms with Gasteiger partial charge in [0.25, 0.3) is 0 Å². The number of hydrogen-bond donors (Lipinski definition) is 0. The van der Waals surface area contributed by atoms with Crippen molar-refractivity contribution in [2.45, 2.75) is 38.9 Å². The number of para-hydroxylation sites is 9. The molecule has 19 aromatic rings. The van der Waals surface area contributed by atoms with Crippen LogP contribution in [0.1, 0.15) is 27.7 Å². The van der Waals surface area contributed by atoms with E-state index < -0.39 is 6.39 Å². The summed E-state index contributed by atoms with van der Waals surface area (Å²) in [6.45, 7) is 8.36. The van der Waals surface area contributed by atoms with Gasteiger partial charge < -0.3 is 32.0 Å². The van der Waals surface area contributed by atoms with Crippen LogP contribution in [0.2, 0.25) is 0 Å². The van der Waals surface area contributed by atoms with Crippen LogP contribution >= 0.6 is 22.6 Å². The van der Waals surface area contributed by atoms with Crippen LogP contribution in [0.5, 0.6) is 0 Å². The predicted octanol–water partition coefficient (Wildman–Crippen LogP) is 21.1. The van der Waals surface area contributed by atoms with E-state index in [0.717, 1.165) is 72.6 Å². The van der Waals surface area contributed by atoms with Gasteiger partial charge >= 0.3 is 7.12 Å². The number of hydrogen-bond acceptors (Lipinski definition) is 3. The average molecular weight is 1410 g/mol. The first-order chi connectivity index (χ1) is 49.4. The third-order valence-electron chi connectivity index (χ3n) is 20.4. The summed E-state index contributed by atoms with van der Waals surface area (Å²) in [5.41, 5.74) is 20.8. The van der Waals surface area contributed by atoms with Gasteiger partial charge in [-0.2, -0.15) is 0 Å². The molecule has 0 aliphatic carbocycles. The van der Waals surface area contributed by atoms with Crippen molar-refractivity contribution >= 4 is 185 Å². The topological polar surface area (TPSA) is 56.2 Å². The van der Waals surface area contributed by atoms with E-state index in [0.29, 0.717) is 0 Å². The first-order valence-electron chi connectivity index (χ1n) is 34.1. The Balaban J connectivity index is 0.000000145. The number of rotatable bonds is 7. The highest BCUT2D eigenvalue weighted by Crippen LogP contribution is 2.45. The number of nitrogens with zero attached hydrogens (tertiary/aromatic N) is 5. The molecule has 1 aliphatic rings. The molecule has 0 bridgehead atoms. The fourth-order valence-electron chi connectivity index (χ4n) is 15.3. The minimum Gasteiger partial charge on any atom is -0.439 e. The van der Waals surface area contributed by atoms with E-state index in [1.807, 2.05) is 11.0 Å². The highest BCUT2D eigenvalue weighted by atomic mass is 127. The number of aromatic nitrogens is 5. The molecule has 6 radical (unpaired) electrons. The van der Waals surface area contributed by atoms with E-state index in [-0.39, 0.29) is 18.3 Å². The van der Waals surface area contributed by atoms with Crippen LogP contribution < -0.4 is 5.46 Å². The monoisotopic (exact) mass is 1410 g/mol. The molecule has 0 amide bonds. The fraction of sp³-hybridized carbons (Fsp3) is 0.0805. The Morgan fingerprint density at radius 1 is 0.317 bits per heavy atom. The third kappa shape index (κ3) is 10.6.